The Bertz CT molecular complexity index is 333. The van der Waals surface area contributed by atoms with Crippen molar-refractivity contribution in [3.05, 3.63) is 0 Å². The third kappa shape index (κ3) is 4.21. The molecule has 18 heavy (non-hydrogen) atoms. The summed E-state index contributed by atoms with van der Waals surface area (Å²) in [6, 6.07) is 0. The second kappa shape index (κ2) is 7.25. The predicted molar refractivity (Wildman–Crippen MR) is 68.5 cm³/mol. The highest BCUT2D eigenvalue weighted by molar-refractivity contribution is 7.80. The van der Waals surface area contributed by atoms with E-state index in [-0.39, 0.29) is 18.8 Å². The molecule has 0 aromatic carbocycles. The van der Waals surface area contributed by atoms with Crippen molar-refractivity contribution in [3.63, 3.8) is 0 Å². The highest BCUT2D eigenvalue weighted by Gasteiger charge is 2.44. The van der Waals surface area contributed by atoms with E-state index >= 15 is 0 Å². The van der Waals surface area contributed by atoms with Gasteiger partial charge in [0.15, 0.2) is 0 Å². The van der Waals surface area contributed by atoms with Crippen molar-refractivity contribution >= 4 is 30.5 Å². The lowest BCUT2D eigenvalue weighted by atomic mass is 9.84. The fourth-order valence-electron chi connectivity index (χ4n) is 1.61. The summed E-state index contributed by atoms with van der Waals surface area (Å²) in [4.78, 5) is 33.8. The Labute approximate surface area is 111 Å². The summed E-state index contributed by atoms with van der Waals surface area (Å²) in [6.07, 6.45) is -0.0962. The van der Waals surface area contributed by atoms with Gasteiger partial charge in [0, 0.05) is 18.6 Å². The van der Waals surface area contributed by atoms with E-state index in [0.717, 1.165) is 0 Å². The lowest BCUT2D eigenvalue weighted by molar-refractivity contribution is -0.151. The number of carboxylic acid groups (broad SMARTS) is 1. The molecular weight excluding hydrogens is 258 g/mol. The molecule has 2 N–H and O–H groups in total. The highest BCUT2D eigenvalue weighted by Crippen LogP contribution is 2.23. The van der Waals surface area contributed by atoms with E-state index in [1.54, 1.807) is 13.8 Å². The summed E-state index contributed by atoms with van der Waals surface area (Å²) < 4.78 is 4.77. The topological polar surface area (TPSA) is 92.7 Å². The number of carbonyl (C=O) groups is 3. The maximum atomic E-state index is 11.4. The van der Waals surface area contributed by atoms with Crippen LogP contribution >= 0.6 is 12.6 Å². The van der Waals surface area contributed by atoms with Crippen LogP contribution in [0.1, 0.15) is 27.2 Å². The van der Waals surface area contributed by atoms with Crippen LogP contribution in [0.2, 0.25) is 0 Å². The molecule has 0 saturated heterocycles. The van der Waals surface area contributed by atoms with E-state index in [1.807, 2.05) is 0 Å². The molecule has 6 nitrogen and oxygen atoms in total. The maximum absolute atomic E-state index is 11.4. The van der Waals surface area contributed by atoms with Crippen molar-refractivity contribution < 1.29 is 24.2 Å². The van der Waals surface area contributed by atoms with E-state index < -0.39 is 29.3 Å². The van der Waals surface area contributed by atoms with Gasteiger partial charge in [0.05, 0.1) is 13.0 Å². The summed E-state index contributed by atoms with van der Waals surface area (Å²) in [6.45, 7) is 4.68. The minimum absolute atomic E-state index is 0.0962. The molecule has 0 aliphatic rings. The van der Waals surface area contributed by atoms with Gasteiger partial charge < -0.3 is 15.2 Å². The Morgan fingerprint density at radius 3 is 2.33 bits per heavy atom. The van der Waals surface area contributed by atoms with Gasteiger partial charge in [-0.05, 0) is 6.92 Å². The highest BCUT2D eigenvalue weighted by atomic mass is 32.1. The second-order valence-corrected chi connectivity index (χ2v) is 4.34. The number of carbonyl (C=O) groups excluding carboxylic acids is 2. The van der Waals surface area contributed by atoms with Gasteiger partial charge in [0.25, 0.3) is 0 Å². The molecular formula is C11H19NO5S. The largest absolute Gasteiger partial charge is 0.479 e. The first-order valence-electron chi connectivity index (χ1n) is 5.58. The van der Waals surface area contributed by atoms with Crippen molar-refractivity contribution in [1.82, 2.24) is 5.32 Å². The first-order chi connectivity index (χ1) is 8.30. The monoisotopic (exact) mass is 277 g/mol. The molecule has 0 saturated carbocycles. The molecule has 0 fully saturated rings. The van der Waals surface area contributed by atoms with Crippen LogP contribution in [0.5, 0.6) is 0 Å². The van der Waals surface area contributed by atoms with Gasteiger partial charge >= 0.3 is 11.9 Å². The van der Waals surface area contributed by atoms with Crippen LogP contribution in [0.25, 0.3) is 0 Å². The standard InChI is InChI=1S/C11H19NO5S/c1-4-17-9(14)5-7(2)11(6-18,10(15)16)12-8(3)13/h7,18H,4-6H2,1-3H3,(H,12,13)(H,15,16)/t7?,11-/m1/s1. The lowest BCUT2D eigenvalue weighted by Crippen LogP contribution is -2.60. The Morgan fingerprint density at radius 1 is 1.44 bits per heavy atom. The van der Waals surface area contributed by atoms with Crippen LogP contribution in [0.3, 0.4) is 0 Å². The molecule has 0 rings (SSSR count). The quantitative estimate of drug-likeness (QED) is 0.464. The number of ether oxygens (including phenoxy) is 1. The van der Waals surface area contributed by atoms with E-state index in [9.17, 15) is 19.5 Å². The molecule has 0 radical (unpaired) electrons. The van der Waals surface area contributed by atoms with Crippen LogP contribution in [-0.4, -0.2) is 40.9 Å². The minimum Gasteiger partial charge on any atom is -0.479 e. The second-order valence-electron chi connectivity index (χ2n) is 4.03. The Balaban J connectivity index is 5.00. The van der Waals surface area contributed by atoms with Crippen LogP contribution in [0, 0.1) is 5.92 Å². The SMILES string of the molecule is CCOC(=O)CC(C)[C@@](CS)(NC(C)=O)C(=O)O. The van der Waals surface area contributed by atoms with Gasteiger partial charge in [0.1, 0.15) is 5.54 Å². The van der Waals surface area contributed by atoms with Gasteiger partial charge in [-0.25, -0.2) is 4.79 Å². The lowest BCUT2D eigenvalue weighted by Gasteiger charge is -2.33. The van der Waals surface area contributed by atoms with E-state index in [2.05, 4.69) is 17.9 Å². The maximum Gasteiger partial charge on any atom is 0.330 e. The van der Waals surface area contributed by atoms with E-state index in [4.69, 9.17) is 4.74 Å². The molecule has 0 spiro atoms. The Hall–Kier alpha value is -1.24. The summed E-state index contributed by atoms with van der Waals surface area (Å²) in [7, 11) is 0. The first kappa shape index (κ1) is 16.8. The molecule has 0 aromatic rings. The van der Waals surface area contributed by atoms with Gasteiger partial charge in [0.2, 0.25) is 5.91 Å². The van der Waals surface area contributed by atoms with Crippen LogP contribution in [0.15, 0.2) is 0 Å². The van der Waals surface area contributed by atoms with Gasteiger partial charge in [-0.2, -0.15) is 12.6 Å². The molecule has 0 aliphatic carbocycles. The number of hydrogen-bond acceptors (Lipinski definition) is 5. The van der Waals surface area contributed by atoms with Crippen molar-refractivity contribution in [2.45, 2.75) is 32.7 Å². The molecule has 0 bridgehead atoms. The number of amides is 1. The number of nitrogens with one attached hydrogen (secondary N) is 1. The zero-order valence-corrected chi connectivity index (χ0v) is 11.6. The fraction of sp³-hybridized carbons (Fsp3) is 0.727. The zero-order chi connectivity index (χ0) is 14.3. The van der Waals surface area contributed by atoms with Crippen LogP contribution < -0.4 is 5.32 Å². The summed E-state index contributed by atoms with van der Waals surface area (Å²) in [5.41, 5.74) is -1.57. The molecule has 0 aliphatic heterocycles. The number of hydrogen-bond donors (Lipinski definition) is 3. The smallest absolute Gasteiger partial charge is 0.330 e. The zero-order valence-electron chi connectivity index (χ0n) is 10.7. The van der Waals surface area contributed by atoms with Crippen LogP contribution in [-0.2, 0) is 19.1 Å². The van der Waals surface area contributed by atoms with Crippen molar-refractivity contribution in [1.29, 1.82) is 0 Å². The molecule has 7 heteroatoms. The van der Waals surface area contributed by atoms with Crippen molar-refractivity contribution in [2.75, 3.05) is 12.4 Å². The summed E-state index contributed by atoms with van der Waals surface area (Å²) in [5.74, 6) is -2.94. The molecule has 0 aromatic heterocycles. The molecule has 104 valence electrons. The fourth-order valence-corrected chi connectivity index (χ4v) is 2.13. The van der Waals surface area contributed by atoms with Crippen LogP contribution in [0.4, 0.5) is 0 Å². The molecule has 2 atom stereocenters. The number of aliphatic carboxylic acids is 1. The minimum atomic E-state index is -1.57. The molecule has 1 unspecified atom stereocenters. The summed E-state index contributed by atoms with van der Waals surface area (Å²) >= 11 is 3.98. The predicted octanol–water partition coefficient (Wildman–Crippen LogP) is 0.465. The van der Waals surface area contributed by atoms with Gasteiger partial charge in [-0.3, -0.25) is 9.59 Å². The normalized spacial score (nSPS) is 15.3. The third-order valence-electron chi connectivity index (χ3n) is 2.65. The van der Waals surface area contributed by atoms with Gasteiger partial charge in [-0.15, -0.1) is 0 Å². The van der Waals surface area contributed by atoms with Crippen molar-refractivity contribution in [3.8, 4) is 0 Å². The average molecular weight is 277 g/mol. The third-order valence-corrected chi connectivity index (χ3v) is 3.15. The number of esters is 1. The average Bonchev–Trinajstić information content (AvgIpc) is 2.25. The Kier molecular flexibility index (Phi) is 6.75. The van der Waals surface area contributed by atoms with E-state index in [1.165, 1.54) is 6.92 Å². The Morgan fingerprint density at radius 2 is 2.00 bits per heavy atom. The molecule has 0 heterocycles. The molecule has 1 amide bonds. The van der Waals surface area contributed by atoms with Gasteiger partial charge in [-0.1, -0.05) is 6.92 Å². The van der Waals surface area contributed by atoms with E-state index in [0.29, 0.717) is 0 Å². The number of thiol groups is 1. The summed E-state index contributed by atoms with van der Waals surface area (Å²) in [5, 5.41) is 11.6. The van der Waals surface area contributed by atoms with Crippen molar-refractivity contribution in [2.24, 2.45) is 5.92 Å². The first-order valence-corrected chi connectivity index (χ1v) is 6.22. The number of rotatable bonds is 7. The number of carboxylic acids is 1.